The minimum Gasteiger partial charge on any atom is -0.463 e. The topological polar surface area (TPSA) is 43.6 Å². The summed E-state index contributed by atoms with van der Waals surface area (Å²) in [6, 6.07) is 1.31. The van der Waals surface area contributed by atoms with Crippen LogP contribution in [0.5, 0.6) is 0 Å². The van der Waals surface area contributed by atoms with Crippen molar-refractivity contribution < 1.29 is 13.9 Å². The van der Waals surface area contributed by atoms with Crippen LogP contribution in [-0.4, -0.2) is 22.0 Å². The summed E-state index contributed by atoms with van der Waals surface area (Å²) in [6.07, 6.45) is 5.99. The summed E-state index contributed by atoms with van der Waals surface area (Å²) in [5.74, 6) is -0.803. The zero-order valence-electron chi connectivity index (χ0n) is 9.56. The monoisotopic (exact) mass is 312 g/mol. The molecule has 0 N–H and O–H groups in total. The Morgan fingerprint density at radius 3 is 3.17 bits per heavy atom. The van der Waals surface area contributed by atoms with Crippen molar-refractivity contribution in [3.63, 3.8) is 0 Å². The molecule has 6 heteroatoms. The molecule has 0 bridgehead atoms. The third-order valence-electron chi connectivity index (χ3n) is 2.26. The van der Waals surface area contributed by atoms with Crippen LogP contribution < -0.4 is 0 Å². The van der Waals surface area contributed by atoms with Crippen LogP contribution in [0.15, 0.2) is 29.0 Å². The van der Waals surface area contributed by atoms with Gasteiger partial charge in [0.05, 0.1) is 23.0 Å². The maximum absolute atomic E-state index is 13.3. The summed E-state index contributed by atoms with van der Waals surface area (Å²) in [4.78, 5) is 15.2. The summed E-state index contributed by atoms with van der Waals surface area (Å²) < 4.78 is 20.1. The highest BCUT2D eigenvalue weighted by molar-refractivity contribution is 9.10. The molecule has 18 heavy (non-hydrogen) atoms. The Morgan fingerprint density at radius 2 is 2.44 bits per heavy atom. The van der Waals surface area contributed by atoms with E-state index in [1.165, 1.54) is 12.1 Å². The molecule has 0 spiro atoms. The number of esters is 1. The Morgan fingerprint density at radius 1 is 1.67 bits per heavy atom. The molecule has 0 unspecified atom stereocenters. The molecule has 0 fully saturated rings. The molecule has 0 saturated heterocycles. The van der Waals surface area contributed by atoms with Crippen molar-refractivity contribution >= 4 is 33.6 Å². The second kappa shape index (κ2) is 5.30. The number of imidazole rings is 1. The molecule has 2 aromatic rings. The molecule has 0 aliphatic heterocycles. The second-order valence-corrected chi connectivity index (χ2v) is 4.32. The van der Waals surface area contributed by atoms with Crippen LogP contribution >= 0.6 is 15.9 Å². The van der Waals surface area contributed by atoms with E-state index in [-0.39, 0.29) is 5.82 Å². The van der Waals surface area contributed by atoms with Gasteiger partial charge in [0.25, 0.3) is 0 Å². The summed E-state index contributed by atoms with van der Waals surface area (Å²) in [7, 11) is 0. The number of hydrogen-bond donors (Lipinski definition) is 0. The highest BCUT2D eigenvalue weighted by atomic mass is 79.9. The lowest BCUT2D eigenvalue weighted by molar-refractivity contribution is -0.137. The molecule has 94 valence electrons. The van der Waals surface area contributed by atoms with Crippen molar-refractivity contribution in [2.45, 2.75) is 6.92 Å². The van der Waals surface area contributed by atoms with Crippen LogP contribution in [0.1, 0.15) is 12.6 Å². The Bertz CT molecular complexity index is 622. The number of carbonyl (C=O) groups excluding carboxylic acids is 1. The predicted octanol–water partition coefficient (Wildman–Crippen LogP) is 2.81. The largest absolute Gasteiger partial charge is 0.463 e. The molecule has 0 saturated carbocycles. The second-order valence-electron chi connectivity index (χ2n) is 3.47. The van der Waals surface area contributed by atoms with Gasteiger partial charge >= 0.3 is 5.97 Å². The molecular weight excluding hydrogens is 303 g/mol. The quantitative estimate of drug-likeness (QED) is 0.646. The van der Waals surface area contributed by atoms with Crippen molar-refractivity contribution in [3.05, 3.63) is 40.5 Å². The minimum absolute atomic E-state index is 0.326. The molecule has 2 heterocycles. The van der Waals surface area contributed by atoms with Gasteiger partial charge in [-0.3, -0.25) is 4.40 Å². The smallest absolute Gasteiger partial charge is 0.330 e. The Kier molecular flexibility index (Phi) is 3.76. The SMILES string of the molecule is CCOC(=O)/C=C/c1cnc2cc(F)c(Br)cn12. The number of carbonyl (C=O) groups is 1. The van der Waals surface area contributed by atoms with Gasteiger partial charge in [-0.25, -0.2) is 14.2 Å². The Labute approximate surface area is 111 Å². The molecule has 0 aromatic carbocycles. The van der Waals surface area contributed by atoms with Gasteiger partial charge in [-0.2, -0.15) is 0 Å². The maximum atomic E-state index is 13.3. The molecule has 0 aliphatic rings. The molecular formula is C12H10BrFN2O2. The number of ether oxygens (including phenoxy) is 1. The zero-order valence-corrected chi connectivity index (χ0v) is 11.1. The highest BCUT2D eigenvalue weighted by Crippen LogP contribution is 2.18. The first-order chi connectivity index (χ1) is 8.61. The lowest BCUT2D eigenvalue weighted by atomic mass is 10.4. The number of hydrogen-bond acceptors (Lipinski definition) is 3. The molecule has 4 nitrogen and oxygen atoms in total. The van der Waals surface area contributed by atoms with Gasteiger partial charge in [0.2, 0.25) is 0 Å². The normalized spacial score (nSPS) is 11.3. The molecule has 0 atom stereocenters. The van der Waals surface area contributed by atoms with Gasteiger partial charge in [-0.05, 0) is 28.9 Å². The van der Waals surface area contributed by atoms with Crippen molar-refractivity contribution in [2.75, 3.05) is 6.61 Å². The fourth-order valence-electron chi connectivity index (χ4n) is 1.46. The third kappa shape index (κ3) is 2.59. The molecule has 0 amide bonds. The maximum Gasteiger partial charge on any atom is 0.330 e. The summed E-state index contributed by atoms with van der Waals surface area (Å²) in [5, 5.41) is 0. The van der Waals surface area contributed by atoms with Gasteiger partial charge < -0.3 is 4.74 Å². The van der Waals surface area contributed by atoms with E-state index in [9.17, 15) is 9.18 Å². The van der Waals surface area contributed by atoms with Crippen molar-refractivity contribution in [1.82, 2.24) is 9.38 Å². The van der Waals surface area contributed by atoms with Crippen LogP contribution in [0.25, 0.3) is 11.7 Å². The van der Waals surface area contributed by atoms with Crippen LogP contribution in [0, 0.1) is 5.82 Å². The van der Waals surface area contributed by atoms with E-state index in [1.807, 2.05) is 0 Å². The number of fused-ring (bicyclic) bond motifs is 1. The summed E-state index contributed by atoms with van der Waals surface area (Å²) in [6.45, 7) is 2.06. The van der Waals surface area contributed by atoms with Gasteiger partial charge in [0, 0.05) is 18.3 Å². The van der Waals surface area contributed by atoms with Crippen LogP contribution in [0.2, 0.25) is 0 Å². The van der Waals surface area contributed by atoms with Gasteiger partial charge in [-0.15, -0.1) is 0 Å². The average Bonchev–Trinajstić information content (AvgIpc) is 2.70. The number of pyridine rings is 1. The summed E-state index contributed by atoms with van der Waals surface area (Å²) in [5.41, 5.74) is 1.14. The molecule has 2 rings (SSSR count). The van der Waals surface area contributed by atoms with E-state index in [0.717, 1.165) is 0 Å². The average molecular weight is 313 g/mol. The Hall–Kier alpha value is -1.69. The van der Waals surface area contributed by atoms with Gasteiger partial charge in [0.1, 0.15) is 11.5 Å². The van der Waals surface area contributed by atoms with E-state index in [4.69, 9.17) is 4.74 Å². The van der Waals surface area contributed by atoms with Crippen LogP contribution in [-0.2, 0) is 9.53 Å². The fraction of sp³-hybridized carbons (Fsp3) is 0.167. The first-order valence-electron chi connectivity index (χ1n) is 5.28. The summed E-state index contributed by atoms with van der Waals surface area (Å²) >= 11 is 3.10. The van der Waals surface area contributed by atoms with Crippen LogP contribution in [0.4, 0.5) is 4.39 Å². The third-order valence-corrected chi connectivity index (χ3v) is 2.84. The predicted molar refractivity (Wildman–Crippen MR) is 68.5 cm³/mol. The number of aromatic nitrogens is 2. The Balaban J connectivity index is 2.35. The van der Waals surface area contributed by atoms with Crippen molar-refractivity contribution in [2.24, 2.45) is 0 Å². The van der Waals surface area contributed by atoms with E-state index < -0.39 is 5.97 Å². The molecule has 0 radical (unpaired) electrons. The fourth-order valence-corrected chi connectivity index (χ4v) is 1.78. The number of halogens is 2. The number of rotatable bonds is 3. The number of nitrogens with zero attached hydrogens (tertiary/aromatic N) is 2. The first-order valence-corrected chi connectivity index (χ1v) is 6.08. The van der Waals surface area contributed by atoms with E-state index in [2.05, 4.69) is 20.9 Å². The first kappa shape index (κ1) is 12.8. The van der Waals surface area contributed by atoms with Crippen LogP contribution in [0.3, 0.4) is 0 Å². The van der Waals surface area contributed by atoms with Gasteiger partial charge in [-0.1, -0.05) is 0 Å². The van der Waals surface area contributed by atoms with Crippen molar-refractivity contribution in [3.8, 4) is 0 Å². The lowest BCUT2D eigenvalue weighted by Gasteiger charge is -1.99. The van der Waals surface area contributed by atoms with E-state index in [0.29, 0.717) is 22.4 Å². The lowest BCUT2D eigenvalue weighted by Crippen LogP contribution is -1.99. The van der Waals surface area contributed by atoms with E-state index >= 15 is 0 Å². The standard InChI is InChI=1S/C12H10BrFN2O2/c1-2-18-12(17)4-3-8-6-15-11-5-10(14)9(13)7-16(8)11/h3-7H,2H2,1H3/b4-3+. The van der Waals surface area contributed by atoms with E-state index in [1.54, 1.807) is 29.8 Å². The molecule has 0 aliphatic carbocycles. The highest BCUT2D eigenvalue weighted by Gasteiger charge is 2.06. The van der Waals surface area contributed by atoms with Gasteiger partial charge in [0.15, 0.2) is 0 Å². The van der Waals surface area contributed by atoms with Crippen molar-refractivity contribution in [1.29, 1.82) is 0 Å². The minimum atomic E-state index is -0.423. The molecule has 2 aromatic heterocycles. The zero-order chi connectivity index (χ0) is 13.1.